The predicted octanol–water partition coefficient (Wildman–Crippen LogP) is 6.74. The number of carbonyl (C=O) groups is 2. The zero-order valence-electron chi connectivity index (χ0n) is 18.7. The molecule has 0 saturated heterocycles. The van der Waals surface area contributed by atoms with Gasteiger partial charge in [0, 0.05) is 17.5 Å². The van der Waals surface area contributed by atoms with Gasteiger partial charge in [0.25, 0.3) is 0 Å². The molecule has 2 aliphatic rings. The maximum Gasteiger partial charge on any atom is 0.193 e. The van der Waals surface area contributed by atoms with Crippen molar-refractivity contribution in [3.05, 3.63) is 113 Å². The van der Waals surface area contributed by atoms with Crippen molar-refractivity contribution >= 4 is 17.1 Å². The summed E-state index contributed by atoms with van der Waals surface area (Å²) in [5, 5.41) is 0. The summed E-state index contributed by atoms with van der Waals surface area (Å²) in [5.41, 5.74) is 3.69. The zero-order valence-corrected chi connectivity index (χ0v) is 18.7. The van der Waals surface area contributed by atoms with E-state index in [4.69, 9.17) is 0 Å². The predicted molar refractivity (Wildman–Crippen MR) is 128 cm³/mol. The monoisotopic (exact) mass is 420 g/mol. The molecule has 32 heavy (non-hydrogen) atoms. The topological polar surface area (TPSA) is 34.1 Å². The Bertz CT molecular complexity index is 1200. The molecular formula is C30H28O2. The van der Waals surface area contributed by atoms with Crippen LogP contribution in [0.1, 0.15) is 60.2 Å². The summed E-state index contributed by atoms with van der Waals surface area (Å²) in [7, 11) is 0. The zero-order chi connectivity index (χ0) is 22.3. The lowest BCUT2D eigenvalue weighted by Gasteiger charge is -2.35. The van der Waals surface area contributed by atoms with E-state index in [1.54, 1.807) is 0 Å². The molecule has 0 aliphatic heterocycles. The number of hydrogen-bond donors (Lipinski definition) is 0. The van der Waals surface area contributed by atoms with E-state index in [9.17, 15) is 9.59 Å². The van der Waals surface area contributed by atoms with Crippen molar-refractivity contribution in [1.29, 1.82) is 0 Å². The Hall–Kier alpha value is -3.26. The molecule has 2 fully saturated rings. The van der Waals surface area contributed by atoms with Crippen LogP contribution in [0.5, 0.6) is 0 Å². The van der Waals surface area contributed by atoms with Gasteiger partial charge in [-0.25, -0.2) is 0 Å². The van der Waals surface area contributed by atoms with Crippen LogP contribution in [0.15, 0.2) is 91.0 Å². The fraction of sp³-hybridized carbons (Fsp3) is 0.267. The number of hydrogen-bond acceptors (Lipinski definition) is 2. The SMILES string of the molecule is CC1(C)C2CCC1(/C=C(\c1ccccc1)c1ccccc1C(=O)c1ccccc1)C(=O)C2. The lowest BCUT2D eigenvalue weighted by molar-refractivity contribution is -0.126. The molecule has 0 radical (unpaired) electrons. The summed E-state index contributed by atoms with van der Waals surface area (Å²) in [6, 6.07) is 27.4. The second-order valence-electron chi connectivity index (χ2n) is 9.72. The van der Waals surface area contributed by atoms with Crippen molar-refractivity contribution in [2.24, 2.45) is 16.7 Å². The Balaban J connectivity index is 1.72. The van der Waals surface area contributed by atoms with E-state index in [0.717, 1.165) is 29.5 Å². The van der Waals surface area contributed by atoms with Gasteiger partial charge in [-0.2, -0.15) is 0 Å². The fourth-order valence-corrected chi connectivity index (χ4v) is 5.89. The van der Waals surface area contributed by atoms with Crippen LogP contribution in [-0.4, -0.2) is 11.6 Å². The number of carbonyl (C=O) groups excluding carboxylic acids is 2. The third-order valence-corrected chi connectivity index (χ3v) is 7.96. The van der Waals surface area contributed by atoms with E-state index in [0.29, 0.717) is 29.2 Å². The number of ketones is 2. The maximum atomic E-state index is 13.5. The quantitative estimate of drug-likeness (QED) is 0.428. The van der Waals surface area contributed by atoms with Crippen LogP contribution in [-0.2, 0) is 4.79 Å². The molecule has 2 bridgehead atoms. The van der Waals surface area contributed by atoms with E-state index in [2.05, 4.69) is 32.1 Å². The third kappa shape index (κ3) is 3.09. The first-order chi connectivity index (χ1) is 15.4. The second-order valence-corrected chi connectivity index (χ2v) is 9.72. The lowest BCUT2D eigenvalue weighted by Crippen LogP contribution is -2.34. The Kier molecular flexibility index (Phi) is 4.97. The molecule has 2 heteroatoms. The van der Waals surface area contributed by atoms with Gasteiger partial charge in [0.05, 0.1) is 5.41 Å². The van der Waals surface area contributed by atoms with Crippen LogP contribution < -0.4 is 0 Å². The highest BCUT2D eigenvalue weighted by molar-refractivity contribution is 6.12. The summed E-state index contributed by atoms with van der Waals surface area (Å²) < 4.78 is 0. The van der Waals surface area contributed by atoms with Crippen molar-refractivity contribution in [3.63, 3.8) is 0 Å². The highest BCUT2D eigenvalue weighted by atomic mass is 16.1. The molecule has 5 rings (SSSR count). The van der Waals surface area contributed by atoms with Crippen molar-refractivity contribution in [1.82, 2.24) is 0 Å². The van der Waals surface area contributed by atoms with Crippen molar-refractivity contribution in [3.8, 4) is 0 Å². The maximum absolute atomic E-state index is 13.5. The van der Waals surface area contributed by atoms with Crippen molar-refractivity contribution in [2.75, 3.05) is 0 Å². The summed E-state index contributed by atoms with van der Waals surface area (Å²) in [5.74, 6) is 0.783. The first-order valence-corrected chi connectivity index (χ1v) is 11.4. The number of benzene rings is 3. The van der Waals surface area contributed by atoms with Gasteiger partial charge in [-0.1, -0.05) is 105 Å². The summed E-state index contributed by atoms with van der Waals surface area (Å²) in [6.07, 6.45) is 4.85. The van der Waals surface area contributed by atoms with E-state index < -0.39 is 5.41 Å². The smallest absolute Gasteiger partial charge is 0.193 e. The van der Waals surface area contributed by atoms with Crippen LogP contribution in [0.3, 0.4) is 0 Å². The molecule has 3 aromatic carbocycles. The Morgan fingerprint density at radius 3 is 1.94 bits per heavy atom. The largest absolute Gasteiger partial charge is 0.299 e. The van der Waals surface area contributed by atoms with Crippen molar-refractivity contribution < 1.29 is 9.59 Å². The van der Waals surface area contributed by atoms with Crippen molar-refractivity contribution in [2.45, 2.75) is 33.1 Å². The van der Waals surface area contributed by atoms with Gasteiger partial charge in [-0.05, 0) is 40.9 Å². The second kappa shape index (κ2) is 7.70. The van der Waals surface area contributed by atoms with Crippen LogP contribution in [0.25, 0.3) is 5.57 Å². The first-order valence-electron chi connectivity index (χ1n) is 11.4. The molecule has 2 unspecified atom stereocenters. The Morgan fingerprint density at radius 1 is 0.812 bits per heavy atom. The van der Waals surface area contributed by atoms with E-state index in [1.165, 1.54) is 0 Å². The molecule has 160 valence electrons. The minimum Gasteiger partial charge on any atom is -0.299 e. The molecule has 2 atom stereocenters. The molecule has 2 nitrogen and oxygen atoms in total. The van der Waals surface area contributed by atoms with Crippen LogP contribution in [0.2, 0.25) is 0 Å². The number of allylic oxidation sites excluding steroid dienone is 1. The molecule has 0 N–H and O–H groups in total. The molecule has 0 aromatic heterocycles. The van der Waals surface area contributed by atoms with Gasteiger partial charge >= 0.3 is 0 Å². The standard InChI is InChI=1S/C30H28O2/c1-29(2)23-17-18-30(29,27(31)19-23)20-26(21-11-5-3-6-12-21)24-15-9-10-16-25(24)28(32)22-13-7-4-8-14-22/h3-16,20,23H,17-19H2,1-2H3/b26-20+. The van der Waals surface area contributed by atoms with E-state index in [1.807, 2.05) is 72.8 Å². The average molecular weight is 421 g/mol. The first kappa shape index (κ1) is 20.6. The lowest BCUT2D eigenvalue weighted by atomic mass is 9.67. The molecule has 0 amide bonds. The molecule has 3 aromatic rings. The van der Waals surface area contributed by atoms with Crippen LogP contribution >= 0.6 is 0 Å². The van der Waals surface area contributed by atoms with Crippen LogP contribution in [0, 0.1) is 16.7 Å². The summed E-state index contributed by atoms with van der Waals surface area (Å²) in [4.78, 5) is 26.8. The van der Waals surface area contributed by atoms with Gasteiger partial charge in [0.15, 0.2) is 5.78 Å². The number of rotatable bonds is 5. The molecule has 2 aliphatic carbocycles. The summed E-state index contributed by atoms with van der Waals surface area (Å²) >= 11 is 0. The minimum absolute atomic E-state index is 0.00170. The molecule has 0 spiro atoms. The fourth-order valence-electron chi connectivity index (χ4n) is 5.89. The molecule has 2 saturated carbocycles. The van der Waals surface area contributed by atoms with Gasteiger partial charge in [-0.15, -0.1) is 0 Å². The summed E-state index contributed by atoms with van der Waals surface area (Å²) in [6.45, 7) is 4.49. The average Bonchev–Trinajstić information content (AvgIpc) is 3.18. The number of Topliss-reactive ketones (excluding diaryl/α,β-unsaturated/α-hetero) is 1. The van der Waals surface area contributed by atoms with Crippen LogP contribution in [0.4, 0.5) is 0 Å². The van der Waals surface area contributed by atoms with Gasteiger partial charge in [0.1, 0.15) is 5.78 Å². The molecular weight excluding hydrogens is 392 g/mol. The van der Waals surface area contributed by atoms with E-state index in [-0.39, 0.29) is 11.2 Å². The highest BCUT2D eigenvalue weighted by Gasteiger charge is 2.63. The Morgan fingerprint density at radius 2 is 1.38 bits per heavy atom. The third-order valence-electron chi connectivity index (χ3n) is 7.96. The van der Waals surface area contributed by atoms with Gasteiger partial charge in [-0.3, -0.25) is 9.59 Å². The normalized spacial score (nSPS) is 24.0. The van der Waals surface area contributed by atoms with E-state index >= 15 is 0 Å². The van der Waals surface area contributed by atoms with Gasteiger partial charge in [0.2, 0.25) is 0 Å². The molecule has 0 heterocycles. The minimum atomic E-state index is -0.480. The highest BCUT2D eigenvalue weighted by Crippen LogP contribution is 2.65. The number of fused-ring (bicyclic) bond motifs is 2. The van der Waals surface area contributed by atoms with Gasteiger partial charge < -0.3 is 0 Å². The Labute approximate surface area is 190 Å².